The Hall–Kier alpha value is -1.13. The van der Waals surface area contributed by atoms with Gasteiger partial charge in [0.2, 0.25) is 0 Å². The van der Waals surface area contributed by atoms with Gasteiger partial charge in [-0.2, -0.15) is 0 Å². The zero-order valence-electron chi connectivity index (χ0n) is 7.36. The lowest BCUT2D eigenvalue weighted by Gasteiger charge is -2.15. The summed E-state index contributed by atoms with van der Waals surface area (Å²) in [7, 11) is 3.39. The Balaban J connectivity index is 2.24. The van der Waals surface area contributed by atoms with Gasteiger partial charge in [0.15, 0.2) is 0 Å². The minimum atomic E-state index is -0.294. The molecule has 0 aliphatic carbocycles. The summed E-state index contributed by atoms with van der Waals surface area (Å²) >= 11 is 0. The second kappa shape index (κ2) is 4.04. The summed E-state index contributed by atoms with van der Waals surface area (Å²) in [6.45, 7) is 2.92. The third-order valence-corrected chi connectivity index (χ3v) is 1.46. The number of hydrogen-bond acceptors (Lipinski definition) is 4. The van der Waals surface area contributed by atoms with Crippen LogP contribution in [-0.2, 0) is 4.74 Å². The normalized spacial score (nSPS) is 15.2. The Bertz CT molecular complexity index is 196. The molecule has 0 unspecified atom stereocenters. The van der Waals surface area contributed by atoms with Crippen LogP contribution in [0.1, 0.15) is 6.92 Å². The zero-order valence-corrected chi connectivity index (χ0v) is 7.36. The summed E-state index contributed by atoms with van der Waals surface area (Å²) in [6.07, 6.45) is 3.73. The molecule has 1 rings (SSSR count). The van der Waals surface area contributed by atoms with Crippen molar-refractivity contribution >= 4 is 13.3 Å². The van der Waals surface area contributed by atoms with Crippen molar-refractivity contribution in [3.05, 3.63) is 12.4 Å². The number of hydrogen-bond donors (Lipinski definition) is 0. The van der Waals surface area contributed by atoms with Crippen LogP contribution < -0.4 is 0 Å². The van der Waals surface area contributed by atoms with E-state index in [1.807, 2.05) is 24.3 Å². The summed E-state index contributed by atoms with van der Waals surface area (Å²) in [5, 5.41) is 0. The first-order chi connectivity index (χ1) is 5.72. The van der Waals surface area contributed by atoms with Crippen molar-refractivity contribution in [1.29, 1.82) is 0 Å². The minimum Gasteiger partial charge on any atom is -0.473 e. The maximum atomic E-state index is 10.9. The van der Waals surface area contributed by atoms with E-state index in [0.717, 1.165) is 0 Å². The average Bonchev–Trinajstić information content (AvgIpc) is 2.36. The van der Waals surface area contributed by atoms with E-state index < -0.39 is 0 Å². The molecule has 0 N–H and O–H groups in total. The largest absolute Gasteiger partial charge is 0.473 e. The van der Waals surface area contributed by atoms with Gasteiger partial charge in [0.25, 0.3) is 5.87 Å². The molecule has 0 saturated carbocycles. The van der Waals surface area contributed by atoms with Crippen LogP contribution in [0.15, 0.2) is 12.4 Å². The van der Waals surface area contributed by atoms with Gasteiger partial charge in [-0.25, -0.2) is 0 Å². The van der Waals surface area contributed by atoms with Crippen LogP contribution in [-0.4, -0.2) is 43.3 Å². The van der Waals surface area contributed by atoms with Gasteiger partial charge in [-0.3, -0.25) is 4.79 Å². The lowest BCUT2D eigenvalue weighted by atomic mass is 9.93. The highest BCUT2D eigenvalue weighted by Gasteiger charge is 2.15. The maximum Gasteiger partial charge on any atom is 0.394 e. The van der Waals surface area contributed by atoms with Crippen LogP contribution in [0.3, 0.4) is 0 Å². The fraction of sp³-hybridized carbons (Fsp3) is 0.571. The molecule has 0 fully saturated rings. The Morgan fingerprint density at radius 3 is 2.92 bits per heavy atom. The van der Waals surface area contributed by atoms with Gasteiger partial charge in [-0.1, -0.05) is 0 Å². The molecule has 0 aromatic heterocycles. The fourth-order valence-corrected chi connectivity index (χ4v) is 0.950. The smallest absolute Gasteiger partial charge is 0.394 e. The molecule has 1 aliphatic heterocycles. The van der Waals surface area contributed by atoms with Gasteiger partial charge >= 0.3 is 7.41 Å². The number of carbonyl (C=O) groups is 1. The molecule has 1 heterocycles. The van der Waals surface area contributed by atoms with Crippen molar-refractivity contribution in [2.24, 2.45) is 0 Å². The van der Waals surface area contributed by atoms with Crippen molar-refractivity contribution in [1.82, 2.24) is 9.71 Å². The van der Waals surface area contributed by atoms with Gasteiger partial charge < -0.3 is 14.4 Å². The molecular formula is C7H12BN2O2. The van der Waals surface area contributed by atoms with Crippen molar-refractivity contribution < 1.29 is 9.53 Å². The predicted molar refractivity (Wildman–Crippen MR) is 46.4 cm³/mol. The average molecular weight is 167 g/mol. The predicted octanol–water partition coefficient (Wildman–Crippen LogP) is 0.438. The molecule has 0 amide bonds. The lowest BCUT2D eigenvalue weighted by molar-refractivity contribution is 0.177. The van der Waals surface area contributed by atoms with Gasteiger partial charge in [-0.15, -0.1) is 0 Å². The summed E-state index contributed by atoms with van der Waals surface area (Å²) in [5.74, 6) is -0.294. The first-order valence-electron chi connectivity index (χ1n) is 3.88. The minimum absolute atomic E-state index is 0.294. The number of rotatable bonds is 3. The van der Waals surface area contributed by atoms with Crippen molar-refractivity contribution in [3.8, 4) is 0 Å². The molecule has 0 atom stereocenters. The quantitative estimate of drug-likeness (QED) is 0.571. The molecule has 5 heteroatoms. The van der Waals surface area contributed by atoms with E-state index in [1.54, 1.807) is 11.7 Å². The molecule has 12 heavy (non-hydrogen) atoms. The lowest BCUT2D eigenvalue weighted by Crippen LogP contribution is -2.31. The molecule has 0 saturated heterocycles. The van der Waals surface area contributed by atoms with Crippen molar-refractivity contribution in [2.75, 3.05) is 20.3 Å². The van der Waals surface area contributed by atoms with Crippen LogP contribution in [0.2, 0.25) is 0 Å². The van der Waals surface area contributed by atoms with E-state index in [2.05, 4.69) is 0 Å². The third-order valence-electron chi connectivity index (χ3n) is 1.46. The van der Waals surface area contributed by atoms with E-state index in [4.69, 9.17) is 4.74 Å². The van der Waals surface area contributed by atoms with Gasteiger partial charge in [-0.05, 0) is 6.92 Å². The van der Waals surface area contributed by atoms with E-state index in [0.29, 0.717) is 13.3 Å². The SMILES string of the molecule is CCOC(=O)[B]N1C=CN(C)C1. The van der Waals surface area contributed by atoms with Crippen LogP contribution >= 0.6 is 0 Å². The fourth-order valence-electron chi connectivity index (χ4n) is 0.950. The zero-order chi connectivity index (χ0) is 8.97. The van der Waals surface area contributed by atoms with Gasteiger partial charge in [0, 0.05) is 19.4 Å². The number of nitrogens with zero attached hydrogens (tertiary/aromatic N) is 2. The highest BCUT2D eigenvalue weighted by Crippen LogP contribution is 2.01. The Kier molecular flexibility index (Phi) is 3.02. The second-order valence-corrected chi connectivity index (χ2v) is 2.59. The first kappa shape index (κ1) is 8.97. The Labute approximate surface area is 73.0 Å². The third kappa shape index (κ3) is 2.49. The molecule has 0 spiro atoms. The molecule has 1 radical (unpaired) electrons. The Morgan fingerprint density at radius 1 is 1.67 bits per heavy atom. The monoisotopic (exact) mass is 167 g/mol. The molecule has 0 bridgehead atoms. The molecule has 4 nitrogen and oxygen atoms in total. The van der Waals surface area contributed by atoms with Crippen LogP contribution in [0.5, 0.6) is 0 Å². The maximum absolute atomic E-state index is 10.9. The van der Waals surface area contributed by atoms with Gasteiger partial charge in [0.1, 0.15) is 0 Å². The summed E-state index contributed by atoms with van der Waals surface area (Å²) in [6, 6.07) is 0. The molecular weight excluding hydrogens is 155 g/mol. The summed E-state index contributed by atoms with van der Waals surface area (Å²) in [4.78, 5) is 14.7. The molecule has 0 aromatic carbocycles. The molecule has 0 aromatic rings. The van der Waals surface area contributed by atoms with E-state index in [9.17, 15) is 4.79 Å². The van der Waals surface area contributed by atoms with Crippen LogP contribution in [0.4, 0.5) is 4.79 Å². The molecule has 1 aliphatic rings. The van der Waals surface area contributed by atoms with E-state index in [-0.39, 0.29) is 5.87 Å². The molecule has 65 valence electrons. The van der Waals surface area contributed by atoms with Crippen LogP contribution in [0.25, 0.3) is 0 Å². The summed E-state index contributed by atoms with van der Waals surface area (Å²) < 4.78 is 4.75. The van der Waals surface area contributed by atoms with Crippen molar-refractivity contribution in [2.45, 2.75) is 6.92 Å². The van der Waals surface area contributed by atoms with Crippen LogP contribution in [0, 0.1) is 0 Å². The highest BCUT2D eigenvalue weighted by molar-refractivity contribution is 6.69. The van der Waals surface area contributed by atoms with Gasteiger partial charge in [0.05, 0.1) is 13.3 Å². The Morgan fingerprint density at radius 2 is 2.42 bits per heavy atom. The van der Waals surface area contributed by atoms with E-state index >= 15 is 0 Å². The standard InChI is InChI=1S/C7H12BN2O2/c1-3-12-7(11)8-10-5-4-9(2)6-10/h4-5H,3,6H2,1-2H3. The number of carbonyl (C=O) groups excluding carboxylic acids is 1. The highest BCUT2D eigenvalue weighted by atomic mass is 16.5. The van der Waals surface area contributed by atoms with Crippen molar-refractivity contribution in [3.63, 3.8) is 0 Å². The van der Waals surface area contributed by atoms with E-state index in [1.165, 1.54) is 7.41 Å². The second-order valence-electron chi connectivity index (χ2n) is 2.59. The first-order valence-corrected chi connectivity index (χ1v) is 3.88. The summed E-state index contributed by atoms with van der Waals surface area (Å²) in [5.41, 5.74) is 0. The topological polar surface area (TPSA) is 32.8 Å². The number of ether oxygens (including phenoxy) is 1.